The molecule has 2 unspecified atom stereocenters. The Morgan fingerprint density at radius 2 is 2.00 bits per heavy atom. The van der Waals surface area contributed by atoms with Crippen LogP contribution in [0.3, 0.4) is 0 Å². The van der Waals surface area contributed by atoms with Crippen molar-refractivity contribution in [2.45, 2.75) is 52.3 Å². The van der Waals surface area contributed by atoms with E-state index in [9.17, 15) is 14.4 Å². The monoisotopic (exact) mass is 400 g/mol. The van der Waals surface area contributed by atoms with Crippen molar-refractivity contribution in [1.29, 1.82) is 0 Å². The van der Waals surface area contributed by atoms with Crippen molar-refractivity contribution in [3.63, 3.8) is 0 Å². The number of ether oxygens (including phenoxy) is 1. The molecule has 2 N–H and O–H groups in total. The zero-order valence-electron chi connectivity index (χ0n) is 16.8. The molecule has 0 saturated carbocycles. The van der Waals surface area contributed by atoms with Crippen molar-refractivity contribution in [3.8, 4) is 11.3 Å². The lowest BCUT2D eigenvalue weighted by Crippen LogP contribution is -2.45. The van der Waals surface area contributed by atoms with Crippen LogP contribution in [0.1, 0.15) is 56.1 Å². The first-order valence-corrected chi connectivity index (χ1v) is 9.40. The predicted octanol–water partition coefficient (Wildman–Crippen LogP) is 3.97. The Bertz CT molecular complexity index is 948. The summed E-state index contributed by atoms with van der Waals surface area (Å²) in [5.41, 5.74) is 2.13. The molecule has 2 atom stereocenters. The van der Waals surface area contributed by atoms with Gasteiger partial charge in [0.1, 0.15) is 12.0 Å². The van der Waals surface area contributed by atoms with Crippen LogP contribution in [0.4, 0.5) is 10.5 Å². The molecule has 0 spiro atoms. The first kappa shape index (κ1) is 20.4. The van der Waals surface area contributed by atoms with E-state index in [1.54, 1.807) is 30.9 Å². The number of carbonyl (C=O) groups excluding carboxylic acids is 2. The third kappa shape index (κ3) is 4.26. The Labute approximate surface area is 168 Å². The number of aromatic carboxylic acids is 1. The molecule has 154 valence electrons. The normalized spacial score (nSPS) is 18.3. The Balaban J connectivity index is 2.02. The molecule has 3 rings (SSSR count). The van der Waals surface area contributed by atoms with Gasteiger partial charge >= 0.3 is 12.1 Å². The second kappa shape index (κ2) is 7.98. The molecule has 2 aromatic rings. The molecule has 2 amide bonds. The second-order valence-electron chi connectivity index (χ2n) is 7.40. The number of benzene rings is 1. The van der Waals surface area contributed by atoms with E-state index in [-0.39, 0.29) is 29.7 Å². The maximum Gasteiger partial charge on any atom is 0.407 e. The molecule has 1 aromatic heterocycles. The van der Waals surface area contributed by atoms with Crippen molar-refractivity contribution >= 4 is 23.7 Å². The first-order valence-electron chi connectivity index (χ1n) is 9.40. The summed E-state index contributed by atoms with van der Waals surface area (Å²) in [5, 5.41) is 12.0. The fraction of sp³-hybridized carbons (Fsp3) is 0.381. The van der Waals surface area contributed by atoms with Crippen molar-refractivity contribution in [3.05, 3.63) is 41.7 Å². The van der Waals surface area contributed by atoms with E-state index in [0.29, 0.717) is 23.4 Å². The van der Waals surface area contributed by atoms with Gasteiger partial charge in [-0.25, -0.2) is 9.59 Å². The summed E-state index contributed by atoms with van der Waals surface area (Å²) in [6.07, 6.45) is 0.905. The summed E-state index contributed by atoms with van der Waals surface area (Å²) >= 11 is 0. The molecule has 0 saturated heterocycles. The Kier molecular flexibility index (Phi) is 5.63. The summed E-state index contributed by atoms with van der Waals surface area (Å²) < 4.78 is 10.6. The molecular formula is C21H24N2O6. The lowest BCUT2D eigenvalue weighted by atomic mass is 9.90. The Hall–Kier alpha value is -3.29. The maximum absolute atomic E-state index is 12.2. The zero-order valence-corrected chi connectivity index (χ0v) is 16.8. The van der Waals surface area contributed by atoms with Gasteiger partial charge in [0.25, 0.3) is 0 Å². The van der Waals surface area contributed by atoms with Crippen LogP contribution in [-0.4, -0.2) is 35.2 Å². The average molecular weight is 400 g/mol. The number of carboxylic acid groups (broad SMARTS) is 1. The first-order chi connectivity index (χ1) is 13.7. The van der Waals surface area contributed by atoms with Crippen LogP contribution in [0.25, 0.3) is 11.3 Å². The van der Waals surface area contributed by atoms with Gasteiger partial charge in [0.15, 0.2) is 0 Å². The standard InChI is InChI=1S/C21H24N2O6/c1-11(2)29-21(27)22-17-7-12(3)23(13(4)24)18-6-5-14(8-16(17)18)19-9-15(10-28-19)20(25)26/h5-6,8-12,17H,7H2,1-4H3,(H,22,27)(H,25,26). The van der Waals surface area contributed by atoms with Gasteiger partial charge in [0.05, 0.1) is 17.7 Å². The van der Waals surface area contributed by atoms with E-state index in [1.807, 2.05) is 13.0 Å². The highest BCUT2D eigenvalue weighted by molar-refractivity contribution is 5.94. The number of fused-ring (bicyclic) bond motifs is 1. The van der Waals surface area contributed by atoms with Crippen LogP contribution >= 0.6 is 0 Å². The van der Waals surface area contributed by atoms with Crippen molar-refractivity contribution in [2.75, 3.05) is 4.90 Å². The number of hydrogen-bond donors (Lipinski definition) is 2. The van der Waals surface area contributed by atoms with Crippen molar-refractivity contribution < 1.29 is 28.6 Å². The van der Waals surface area contributed by atoms with Gasteiger partial charge in [-0.05, 0) is 57.0 Å². The smallest absolute Gasteiger partial charge is 0.407 e. The minimum Gasteiger partial charge on any atom is -0.478 e. The largest absolute Gasteiger partial charge is 0.478 e. The number of nitrogens with zero attached hydrogens (tertiary/aromatic N) is 1. The molecular weight excluding hydrogens is 376 g/mol. The van der Waals surface area contributed by atoms with Crippen LogP contribution < -0.4 is 10.2 Å². The van der Waals surface area contributed by atoms with E-state index in [4.69, 9.17) is 14.3 Å². The van der Waals surface area contributed by atoms with E-state index < -0.39 is 12.1 Å². The zero-order chi connectivity index (χ0) is 21.3. The molecule has 0 aliphatic carbocycles. The predicted molar refractivity (Wildman–Crippen MR) is 106 cm³/mol. The minimum atomic E-state index is -1.08. The highest BCUT2D eigenvalue weighted by Crippen LogP contribution is 2.40. The van der Waals surface area contributed by atoms with Crippen LogP contribution in [0.15, 0.2) is 34.9 Å². The van der Waals surface area contributed by atoms with E-state index >= 15 is 0 Å². The quantitative estimate of drug-likeness (QED) is 0.804. The SMILES string of the molecule is CC(=O)N1c2ccc(-c3cc(C(=O)O)co3)cc2C(NC(=O)OC(C)C)CC1C. The molecule has 0 fully saturated rings. The minimum absolute atomic E-state index is 0.0480. The van der Waals surface area contributed by atoms with Crippen LogP contribution in [0.2, 0.25) is 0 Å². The van der Waals surface area contributed by atoms with E-state index in [1.165, 1.54) is 19.3 Å². The van der Waals surface area contributed by atoms with Gasteiger partial charge in [-0.2, -0.15) is 0 Å². The van der Waals surface area contributed by atoms with Gasteiger partial charge in [0, 0.05) is 24.2 Å². The second-order valence-corrected chi connectivity index (χ2v) is 7.40. The number of furan rings is 1. The molecule has 1 aromatic carbocycles. The number of nitrogens with one attached hydrogen (secondary N) is 1. The van der Waals surface area contributed by atoms with Gasteiger partial charge in [0.2, 0.25) is 5.91 Å². The fourth-order valence-corrected chi connectivity index (χ4v) is 3.62. The Morgan fingerprint density at radius 3 is 2.59 bits per heavy atom. The third-order valence-electron chi connectivity index (χ3n) is 4.79. The number of hydrogen-bond acceptors (Lipinski definition) is 5. The number of alkyl carbamates (subject to hydrolysis) is 1. The van der Waals surface area contributed by atoms with Crippen molar-refractivity contribution in [2.24, 2.45) is 0 Å². The molecule has 1 aliphatic rings. The highest BCUT2D eigenvalue weighted by atomic mass is 16.6. The lowest BCUT2D eigenvalue weighted by Gasteiger charge is -2.39. The maximum atomic E-state index is 12.2. The molecule has 0 radical (unpaired) electrons. The molecule has 0 bridgehead atoms. The number of rotatable bonds is 4. The van der Waals surface area contributed by atoms with Gasteiger partial charge < -0.3 is 24.5 Å². The summed E-state index contributed by atoms with van der Waals surface area (Å²) in [6, 6.07) is 6.32. The van der Waals surface area contributed by atoms with Gasteiger partial charge in [-0.3, -0.25) is 4.79 Å². The number of carbonyl (C=O) groups is 3. The van der Waals surface area contributed by atoms with Crippen molar-refractivity contribution in [1.82, 2.24) is 5.32 Å². The summed E-state index contributed by atoms with van der Waals surface area (Å²) in [7, 11) is 0. The summed E-state index contributed by atoms with van der Waals surface area (Å²) in [4.78, 5) is 37.2. The molecule has 8 heteroatoms. The third-order valence-corrected chi connectivity index (χ3v) is 4.79. The number of amides is 2. The van der Waals surface area contributed by atoms with Gasteiger partial charge in [-0.1, -0.05) is 0 Å². The molecule has 1 aliphatic heterocycles. The fourth-order valence-electron chi connectivity index (χ4n) is 3.62. The lowest BCUT2D eigenvalue weighted by molar-refractivity contribution is -0.117. The summed E-state index contributed by atoms with van der Waals surface area (Å²) in [6.45, 7) is 6.96. The van der Waals surface area contributed by atoms with Crippen LogP contribution in [0.5, 0.6) is 0 Å². The van der Waals surface area contributed by atoms with Gasteiger partial charge in [-0.15, -0.1) is 0 Å². The van der Waals surface area contributed by atoms with E-state index in [2.05, 4.69) is 5.32 Å². The topological polar surface area (TPSA) is 109 Å². The highest BCUT2D eigenvalue weighted by Gasteiger charge is 2.34. The van der Waals surface area contributed by atoms with Crippen LogP contribution in [0, 0.1) is 0 Å². The molecule has 8 nitrogen and oxygen atoms in total. The molecule has 29 heavy (non-hydrogen) atoms. The van der Waals surface area contributed by atoms with E-state index in [0.717, 1.165) is 5.56 Å². The Morgan fingerprint density at radius 1 is 1.28 bits per heavy atom. The number of carboxylic acids is 1. The summed E-state index contributed by atoms with van der Waals surface area (Å²) in [5.74, 6) is -0.784. The molecule has 2 heterocycles. The number of anilines is 1. The average Bonchev–Trinajstić information content (AvgIpc) is 3.10. The van der Waals surface area contributed by atoms with Crippen LogP contribution in [-0.2, 0) is 9.53 Å².